The largest absolute Gasteiger partial charge is 0.349 e. The lowest BCUT2D eigenvalue weighted by Crippen LogP contribution is -2.30. The van der Waals surface area contributed by atoms with Crippen LogP contribution in [0, 0.1) is 0 Å². The Morgan fingerprint density at radius 2 is 1.93 bits per heavy atom. The summed E-state index contributed by atoms with van der Waals surface area (Å²) >= 11 is 0. The summed E-state index contributed by atoms with van der Waals surface area (Å²) in [5, 5.41) is 3.13. The minimum atomic E-state index is -3.52. The van der Waals surface area contributed by atoms with Gasteiger partial charge in [-0.05, 0) is 48.9 Å². The molecule has 0 bridgehead atoms. The molecule has 6 nitrogen and oxygen atoms in total. The Labute approximate surface area is 165 Å². The molecule has 7 heteroatoms. The van der Waals surface area contributed by atoms with Crippen molar-refractivity contribution in [2.45, 2.75) is 43.0 Å². The maximum absolute atomic E-state index is 12.3. The van der Waals surface area contributed by atoms with Crippen LogP contribution in [-0.2, 0) is 21.2 Å². The Bertz CT molecular complexity index is 1030. The van der Waals surface area contributed by atoms with E-state index in [1.807, 2.05) is 12.1 Å². The molecule has 2 aliphatic rings. The molecule has 1 atom stereocenters. The van der Waals surface area contributed by atoms with E-state index in [0.29, 0.717) is 30.8 Å². The fraction of sp³-hybridized carbons (Fsp3) is 0.333. The van der Waals surface area contributed by atoms with Crippen LogP contribution >= 0.6 is 0 Å². The van der Waals surface area contributed by atoms with Gasteiger partial charge in [0.05, 0.1) is 10.9 Å². The van der Waals surface area contributed by atoms with Crippen LogP contribution in [0.2, 0.25) is 0 Å². The highest BCUT2D eigenvalue weighted by Crippen LogP contribution is 2.29. The molecule has 0 saturated heterocycles. The van der Waals surface area contributed by atoms with E-state index >= 15 is 0 Å². The SMILES string of the molecule is O=C(CCCN=C1NS(=O)(=O)c2ccccc21)NC1CCCc2ccccc21. The van der Waals surface area contributed by atoms with Crippen LogP contribution in [0.5, 0.6) is 0 Å². The summed E-state index contributed by atoms with van der Waals surface area (Å²) < 4.78 is 26.6. The van der Waals surface area contributed by atoms with Gasteiger partial charge in [-0.25, -0.2) is 8.42 Å². The minimum absolute atomic E-state index is 0.00862. The van der Waals surface area contributed by atoms with Gasteiger partial charge in [-0.15, -0.1) is 0 Å². The highest BCUT2D eigenvalue weighted by atomic mass is 32.2. The van der Waals surface area contributed by atoms with Crippen molar-refractivity contribution in [2.24, 2.45) is 4.99 Å². The molecule has 1 aliphatic heterocycles. The van der Waals surface area contributed by atoms with Gasteiger partial charge in [0.15, 0.2) is 0 Å². The van der Waals surface area contributed by atoms with E-state index in [1.54, 1.807) is 24.3 Å². The van der Waals surface area contributed by atoms with E-state index in [0.717, 1.165) is 19.3 Å². The molecule has 1 amide bonds. The molecule has 1 unspecified atom stereocenters. The number of nitrogens with zero attached hydrogens (tertiary/aromatic N) is 1. The topological polar surface area (TPSA) is 87.6 Å². The van der Waals surface area contributed by atoms with Gasteiger partial charge in [0.2, 0.25) is 5.91 Å². The van der Waals surface area contributed by atoms with Crippen molar-refractivity contribution in [3.8, 4) is 0 Å². The summed E-state index contributed by atoms with van der Waals surface area (Å²) in [5.74, 6) is 0.367. The zero-order valence-electron chi connectivity index (χ0n) is 15.5. The maximum atomic E-state index is 12.3. The van der Waals surface area contributed by atoms with Gasteiger partial charge in [0.1, 0.15) is 5.84 Å². The molecular formula is C21H23N3O3S. The first-order valence-electron chi connectivity index (χ1n) is 9.58. The number of aryl methyl sites for hydroxylation is 1. The molecule has 0 radical (unpaired) electrons. The molecular weight excluding hydrogens is 374 g/mol. The van der Waals surface area contributed by atoms with E-state index in [2.05, 4.69) is 27.2 Å². The monoisotopic (exact) mass is 397 g/mol. The van der Waals surface area contributed by atoms with Gasteiger partial charge in [0.25, 0.3) is 10.0 Å². The molecule has 0 saturated carbocycles. The smallest absolute Gasteiger partial charge is 0.263 e. The second-order valence-electron chi connectivity index (χ2n) is 7.15. The third kappa shape index (κ3) is 3.80. The Hall–Kier alpha value is -2.67. The number of rotatable bonds is 5. The number of benzene rings is 2. The van der Waals surface area contributed by atoms with Gasteiger partial charge in [-0.2, -0.15) is 0 Å². The van der Waals surface area contributed by atoms with Crippen LogP contribution in [0.4, 0.5) is 0 Å². The van der Waals surface area contributed by atoms with Gasteiger partial charge >= 0.3 is 0 Å². The number of nitrogens with one attached hydrogen (secondary N) is 2. The minimum Gasteiger partial charge on any atom is -0.349 e. The third-order valence-corrected chi connectivity index (χ3v) is 6.60. The lowest BCUT2D eigenvalue weighted by molar-refractivity contribution is -0.122. The van der Waals surface area contributed by atoms with Crippen molar-refractivity contribution in [1.29, 1.82) is 0 Å². The quantitative estimate of drug-likeness (QED) is 0.761. The van der Waals surface area contributed by atoms with E-state index in [1.165, 1.54) is 11.1 Å². The molecule has 1 aliphatic carbocycles. The van der Waals surface area contributed by atoms with Crippen molar-refractivity contribution in [2.75, 3.05) is 6.54 Å². The highest BCUT2D eigenvalue weighted by molar-refractivity contribution is 7.90. The van der Waals surface area contributed by atoms with E-state index in [-0.39, 0.29) is 16.8 Å². The average Bonchev–Trinajstić information content (AvgIpc) is 2.96. The second kappa shape index (κ2) is 7.75. The van der Waals surface area contributed by atoms with E-state index in [4.69, 9.17) is 0 Å². The Morgan fingerprint density at radius 3 is 2.82 bits per heavy atom. The number of fused-ring (bicyclic) bond motifs is 2. The van der Waals surface area contributed by atoms with E-state index in [9.17, 15) is 13.2 Å². The number of carbonyl (C=O) groups excluding carboxylic acids is 1. The number of aliphatic imine (C=N–C) groups is 1. The predicted molar refractivity (Wildman–Crippen MR) is 108 cm³/mol. The lowest BCUT2D eigenvalue weighted by atomic mass is 9.87. The normalized spacial score (nSPS) is 20.9. The first-order valence-corrected chi connectivity index (χ1v) is 11.1. The van der Waals surface area contributed by atoms with Crippen LogP contribution in [0.25, 0.3) is 0 Å². The molecule has 146 valence electrons. The number of sulfonamides is 1. The highest BCUT2D eigenvalue weighted by Gasteiger charge is 2.29. The van der Waals surface area contributed by atoms with Crippen molar-refractivity contribution < 1.29 is 13.2 Å². The van der Waals surface area contributed by atoms with Gasteiger partial charge in [0, 0.05) is 18.5 Å². The maximum Gasteiger partial charge on any atom is 0.263 e. The summed E-state index contributed by atoms with van der Waals surface area (Å²) in [4.78, 5) is 17.0. The molecule has 2 N–H and O–H groups in total. The number of carbonyl (C=O) groups is 1. The van der Waals surface area contributed by atoms with Crippen molar-refractivity contribution in [3.05, 3.63) is 65.2 Å². The second-order valence-corrected chi connectivity index (χ2v) is 8.80. The van der Waals surface area contributed by atoms with E-state index < -0.39 is 10.0 Å². The Balaban J connectivity index is 1.32. The Kier molecular flexibility index (Phi) is 5.17. The summed E-state index contributed by atoms with van der Waals surface area (Å²) in [5.41, 5.74) is 3.13. The molecule has 2 aromatic rings. The van der Waals surface area contributed by atoms with Gasteiger partial charge < -0.3 is 5.32 Å². The fourth-order valence-corrected chi connectivity index (χ4v) is 5.10. The number of hydrogen-bond donors (Lipinski definition) is 2. The molecule has 2 aromatic carbocycles. The third-order valence-electron chi connectivity index (χ3n) is 5.20. The lowest BCUT2D eigenvalue weighted by Gasteiger charge is -2.26. The van der Waals surface area contributed by atoms with Crippen LogP contribution < -0.4 is 10.0 Å². The number of amidine groups is 1. The fourth-order valence-electron chi connectivity index (χ4n) is 3.85. The van der Waals surface area contributed by atoms with Gasteiger partial charge in [-0.1, -0.05) is 36.4 Å². The first-order chi connectivity index (χ1) is 13.5. The standard InChI is InChI=1S/C21H23N3O3S/c25-20(23-18-11-5-8-15-7-1-2-9-16(15)18)13-6-14-22-21-17-10-3-4-12-19(17)28(26,27)24-21/h1-4,7,9-10,12,18H,5-6,8,11,13-14H2,(H,22,24)(H,23,25). The van der Waals surface area contributed by atoms with Crippen LogP contribution in [0.1, 0.15) is 48.4 Å². The molecule has 0 aromatic heterocycles. The number of hydrogen-bond acceptors (Lipinski definition) is 4. The molecule has 1 heterocycles. The van der Waals surface area contributed by atoms with Crippen LogP contribution in [0.3, 0.4) is 0 Å². The van der Waals surface area contributed by atoms with Crippen LogP contribution in [0.15, 0.2) is 58.4 Å². The zero-order valence-corrected chi connectivity index (χ0v) is 16.3. The Morgan fingerprint density at radius 1 is 1.14 bits per heavy atom. The molecule has 0 spiro atoms. The summed E-state index contributed by atoms with van der Waals surface area (Å²) in [7, 11) is -3.52. The predicted octanol–water partition coefficient (Wildman–Crippen LogP) is 2.70. The molecule has 4 rings (SSSR count). The van der Waals surface area contributed by atoms with Crippen molar-refractivity contribution in [3.63, 3.8) is 0 Å². The molecule has 0 fully saturated rings. The van der Waals surface area contributed by atoms with Crippen LogP contribution in [-0.4, -0.2) is 26.7 Å². The first kappa shape index (κ1) is 18.7. The summed E-state index contributed by atoms with van der Waals surface area (Å²) in [6, 6.07) is 15.1. The number of amides is 1. The molecule has 28 heavy (non-hydrogen) atoms. The van der Waals surface area contributed by atoms with Crippen molar-refractivity contribution in [1.82, 2.24) is 10.0 Å². The summed E-state index contributed by atoms with van der Waals surface area (Å²) in [6.45, 7) is 0.390. The van der Waals surface area contributed by atoms with Gasteiger partial charge in [-0.3, -0.25) is 14.5 Å². The average molecular weight is 398 g/mol. The van der Waals surface area contributed by atoms with Crippen molar-refractivity contribution >= 4 is 21.8 Å². The summed E-state index contributed by atoms with van der Waals surface area (Å²) in [6.07, 6.45) is 4.04. The zero-order chi connectivity index (χ0) is 19.6.